The molecule has 0 N–H and O–H groups in total. The zero-order chi connectivity index (χ0) is 17.2. The Morgan fingerprint density at radius 2 is 1.76 bits per heavy atom. The number of carbonyl (C=O) groups is 1. The van der Waals surface area contributed by atoms with Gasteiger partial charge in [-0.15, -0.1) is 0 Å². The molecule has 3 aromatic rings. The van der Waals surface area contributed by atoms with Crippen LogP contribution in [-0.4, -0.2) is 42.0 Å². The van der Waals surface area contributed by atoms with E-state index in [2.05, 4.69) is 16.0 Å². The van der Waals surface area contributed by atoms with E-state index in [0.29, 0.717) is 18.7 Å². The highest BCUT2D eigenvalue weighted by molar-refractivity contribution is 7.22. The molecule has 1 aromatic heterocycles. The van der Waals surface area contributed by atoms with Gasteiger partial charge in [-0.25, -0.2) is 9.37 Å². The summed E-state index contributed by atoms with van der Waals surface area (Å²) < 4.78 is 14.9. The second-order valence-corrected chi connectivity index (χ2v) is 7.11. The smallest absolute Gasteiger partial charge is 0.227 e. The highest BCUT2D eigenvalue weighted by Gasteiger charge is 2.23. The van der Waals surface area contributed by atoms with Crippen molar-refractivity contribution in [2.75, 3.05) is 31.1 Å². The lowest BCUT2D eigenvalue weighted by atomic mass is 10.1. The molecule has 0 atom stereocenters. The average Bonchev–Trinajstić information content (AvgIpc) is 3.08. The molecule has 1 amide bonds. The quantitative estimate of drug-likeness (QED) is 0.723. The van der Waals surface area contributed by atoms with Crippen LogP contribution in [0.3, 0.4) is 0 Å². The summed E-state index contributed by atoms with van der Waals surface area (Å²) in [6.45, 7) is 2.79. The molecule has 0 aliphatic carbocycles. The Balaban J connectivity index is 1.39. The Labute approximate surface area is 149 Å². The molecule has 128 valence electrons. The fourth-order valence-corrected chi connectivity index (χ4v) is 4.08. The van der Waals surface area contributed by atoms with E-state index in [9.17, 15) is 9.18 Å². The largest absolute Gasteiger partial charge is 0.345 e. The minimum absolute atomic E-state index is 0.0194. The number of piperazine rings is 1. The van der Waals surface area contributed by atoms with Crippen LogP contribution >= 0.6 is 11.3 Å². The third kappa shape index (κ3) is 3.35. The van der Waals surface area contributed by atoms with Crippen molar-refractivity contribution < 1.29 is 9.18 Å². The van der Waals surface area contributed by atoms with Crippen molar-refractivity contribution in [1.82, 2.24) is 9.88 Å². The van der Waals surface area contributed by atoms with Crippen molar-refractivity contribution in [2.45, 2.75) is 6.42 Å². The van der Waals surface area contributed by atoms with E-state index in [4.69, 9.17) is 0 Å². The number of thiazole rings is 1. The molecule has 1 aliphatic rings. The normalized spacial score (nSPS) is 14.9. The van der Waals surface area contributed by atoms with E-state index < -0.39 is 0 Å². The average molecular weight is 355 g/mol. The highest BCUT2D eigenvalue weighted by Crippen LogP contribution is 2.29. The van der Waals surface area contributed by atoms with Gasteiger partial charge in [0.15, 0.2) is 5.13 Å². The molecule has 0 radical (unpaired) electrons. The Morgan fingerprint density at radius 1 is 1.04 bits per heavy atom. The van der Waals surface area contributed by atoms with Gasteiger partial charge in [0.2, 0.25) is 5.91 Å². The third-order valence-corrected chi connectivity index (χ3v) is 5.58. The number of nitrogens with zero attached hydrogens (tertiary/aromatic N) is 3. The van der Waals surface area contributed by atoms with E-state index in [0.717, 1.165) is 23.7 Å². The first-order valence-electron chi connectivity index (χ1n) is 8.32. The van der Waals surface area contributed by atoms with Gasteiger partial charge in [-0.05, 0) is 23.8 Å². The number of hydrogen-bond acceptors (Lipinski definition) is 4. The maximum absolute atomic E-state index is 13.7. The molecule has 1 saturated heterocycles. The van der Waals surface area contributed by atoms with Crippen LogP contribution in [0.15, 0.2) is 48.5 Å². The molecule has 1 aliphatic heterocycles. The lowest BCUT2D eigenvalue weighted by molar-refractivity contribution is -0.130. The van der Waals surface area contributed by atoms with Crippen LogP contribution in [0.4, 0.5) is 9.52 Å². The van der Waals surface area contributed by atoms with Gasteiger partial charge >= 0.3 is 0 Å². The van der Waals surface area contributed by atoms with Gasteiger partial charge in [0.05, 0.1) is 16.6 Å². The summed E-state index contributed by atoms with van der Waals surface area (Å²) in [6, 6.07) is 14.6. The lowest BCUT2D eigenvalue weighted by Gasteiger charge is -2.34. The fraction of sp³-hybridized carbons (Fsp3) is 0.263. The SMILES string of the molecule is O=C(Cc1ccccc1F)N1CCN(c2nc3ccccc3s2)CC1. The molecule has 0 bridgehead atoms. The van der Waals surface area contributed by atoms with Crippen LogP contribution in [0, 0.1) is 5.82 Å². The molecule has 2 aromatic carbocycles. The second kappa shape index (κ2) is 6.80. The summed E-state index contributed by atoms with van der Waals surface area (Å²) >= 11 is 1.68. The van der Waals surface area contributed by atoms with E-state index in [1.807, 2.05) is 23.1 Å². The van der Waals surface area contributed by atoms with Crippen molar-refractivity contribution in [3.63, 3.8) is 0 Å². The van der Waals surface area contributed by atoms with Crippen molar-refractivity contribution in [3.8, 4) is 0 Å². The van der Waals surface area contributed by atoms with Crippen LogP contribution < -0.4 is 4.90 Å². The van der Waals surface area contributed by atoms with Gasteiger partial charge in [0.25, 0.3) is 0 Å². The van der Waals surface area contributed by atoms with Gasteiger partial charge in [-0.1, -0.05) is 41.7 Å². The van der Waals surface area contributed by atoms with E-state index >= 15 is 0 Å². The third-order valence-electron chi connectivity index (χ3n) is 4.49. The summed E-state index contributed by atoms with van der Waals surface area (Å²) in [4.78, 5) is 21.1. The minimum atomic E-state index is -0.316. The van der Waals surface area contributed by atoms with Gasteiger partial charge < -0.3 is 9.80 Å². The zero-order valence-corrected chi connectivity index (χ0v) is 14.5. The van der Waals surface area contributed by atoms with Crippen molar-refractivity contribution in [2.24, 2.45) is 0 Å². The maximum atomic E-state index is 13.7. The van der Waals surface area contributed by atoms with Crippen LogP contribution in [0.5, 0.6) is 0 Å². The molecule has 6 heteroatoms. The standard InChI is InChI=1S/C19H18FN3OS/c20-15-6-2-1-5-14(15)13-18(24)22-9-11-23(12-10-22)19-21-16-7-3-4-8-17(16)25-19/h1-8H,9-13H2. The molecule has 4 nitrogen and oxygen atoms in total. The van der Waals surface area contributed by atoms with E-state index in [-0.39, 0.29) is 18.1 Å². The van der Waals surface area contributed by atoms with E-state index in [1.54, 1.807) is 29.5 Å². The minimum Gasteiger partial charge on any atom is -0.345 e. The molecule has 25 heavy (non-hydrogen) atoms. The predicted molar refractivity (Wildman–Crippen MR) is 98.5 cm³/mol. The number of hydrogen-bond donors (Lipinski definition) is 0. The number of halogens is 1. The highest BCUT2D eigenvalue weighted by atomic mass is 32.1. The molecular formula is C19H18FN3OS. The fourth-order valence-electron chi connectivity index (χ4n) is 3.06. The van der Waals surface area contributed by atoms with Crippen LogP contribution in [0.2, 0.25) is 0 Å². The first-order chi connectivity index (χ1) is 12.2. The lowest BCUT2D eigenvalue weighted by Crippen LogP contribution is -2.49. The number of carbonyl (C=O) groups excluding carboxylic acids is 1. The molecule has 4 rings (SSSR count). The van der Waals surface area contributed by atoms with E-state index in [1.165, 1.54) is 10.8 Å². The van der Waals surface area contributed by atoms with Crippen LogP contribution in [0.1, 0.15) is 5.56 Å². The van der Waals surface area contributed by atoms with Crippen molar-refractivity contribution in [1.29, 1.82) is 0 Å². The summed E-state index contributed by atoms with van der Waals surface area (Å²) in [5.74, 6) is -0.335. The number of benzene rings is 2. The first kappa shape index (κ1) is 16.0. The summed E-state index contributed by atoms with van der Waals surface area (Å²) in [6.07, 6.45) is 0.119. The van der Waals surface area contributed by atoms with Gasteiger partial charge in [-0.2, -0.15) is 0 Å². The number of para-hydroxylation sites is 1. The van der Waals surface area contributed by atoms with Gasteiger partial charge in [0, 0.05) is 26.2 Å². The number of rotatable bonds is 3. The molecular weight excluding hydrogens is 337 g/mol. The number of fused-ring (bicyclic) bond motifs is 1. The monoisotopic (exact) mass is 355 g/mol. The van der Waals surface area contributed by atoms with Crippen molar-refractivity contribution in [3.05, 3.63) is 59.9 Å². The van der Waals surface area contributed by atoms with Crippen molar-refractivity contribution >= 4 is 32.6 Å². The Kier molecular flexibility index (Phi) is 4.36. The van der Waals surface area contributed by atoms with Gasteiger partial charge in [-0.3, -0.25) is 4.79 Å². The maximum Gasteiger partial charge on any atom is 0.227 e. The summed E-state index contributed by atoms with van der Waals surface area (Å²) in [5.41, 5.74) is 1.47. The second-order valence-electron chi connectivity index (χ2n) is 6.10. The predicted octanol–water partition coefficient (Wildman–Crippen LogP) is 3.33. The first-order valence-corrected chi connectivity index (χ1v) is 9.14. The molecule has 1 fully saturated rings. The Bertz CT molecular complexity index is 869. The molecule has 0 spiro atoms. The molecule has 2 heterocycles. The number of amides is 1. The summed E-state index contributed by atoms with van der Waals surface area (Å²) in [5, 5.41) is 1.00. The molecule has 0 saturated carbocycles. The number of anilines is 1. The molecule has 0 unspecified atom stereocenters. The van der Waals surface area contributed by atoms with Gasteiger partial charge in [0.1, 0.15) is 5.82 Å². The Morgan fingerprint density at radius 3 is 2.52 bits per heavy atom. The number of aromatic nitrogens is 1. The Hall–Kier alpha value is -2.47. The summed E-state index contributed by atoms with van der Waals surface area (Å²) in [7, 11) is 0. The topological polar surface area (TPSA) is 36.4 Å². The zero-order valence-electron chi connectivity index (χ0n) is 13.7. The van der Waals surface area contributed by atoms with Crippen LogP contribution in [-0.2, 0) is 11.2 Å². The van der Waals surface area contributed by atoms with Crippen LogP contribution in [0.25, 0.3) is 10.2 Å².